The van der Waals surface area contributed by atoms with Crippen LogP contribution in [0.15, 0.2) is 35.7 Å². The van der Waals surface area contributed by atoms with E-state index < -0.39 is 11.9 Å². The number of hydrogen-bond acceptors (Lipinski definition) is 7. The number of esters is 2. The van der Waals surface area contributed by atoms with Gasteiger partial charge < -0.3 is 28.8 Å². The van der Waals surface area contributed by atoms with Crippen LogP contribution in [0.4, 0.5) is 5.69 Å². The highest BCUT2D eigenvalue weighted by Crippen LogP contribution is 2.35. The highest BCUT2D eigenvalue weighted by atomic mass is 16.5. The van der Waals surface area contributed by atoms with E-state index >= 15 is 0 Å². The number of rotatable bonds is 4. The summed E-state index contributed by atoms with van der Waals surface area (Å²) in [5.41, 5.74) is 1.59. The zero-order valence-electron chi connectivity index (χ0n) is 14.1. The first-order chi connectivity index (χ1) is 12.1. The van der Waals surface area contributed by atoms with E-state index in [9.17, 15) is 9.59 Å². The van der Waals surface area contributed by atoms with Gasteiger partial charge in [0.25, 0.3) is 0 Å². The Labute approximate surface area is 143 Å². The van der Waals surface area contributed by atoms with Gasteiger partial charge in [-0.3, -0.25) is 0 Å². The van der Waals surface area contributed by atoms with Crippen LogP contribution in [0.5, 0.6) is 5.75 Å². The third-order valence-electron chi connectivity index (χ3n) is 3.97. The molecule has 0 saturated carbocycles. The number of fused-ring (bicyclic) bond motifs is 1. The molecular weight excluding hydrogens is 328 g/mol. The minimum absolute atomic E-state index is 0.0363. The predicted octanol–water partition coefficient (Wildman–Crippen LogP) is 1.57. The lowest BCUT2D eigenvalue weighted by molar-refractivity contribution is -0.140. The summed E-state index contributed by atoms with van der Waals surface area (Å²) >= 11 is 0. The fourth-order valence-corrected chi connectivity index (χ4v) is 2.79. The van der Waals surface area contributed by atoms with Crippen LogP contribution in [0.1, 0.15) is 0 Å². The van der Waals surface area contributed by atoms with Crippen molar-refractivity contribution in [2.75, 3.05) is 39.6 Å². The summed E-state index contributed by atoms with van der Waals surface area (Å²) in [5.74, 6) is -0.682. The van der Waals surface area contributed by atoms with Crippen LogP contribution < -0.4 is 9.64 Å². The van der Waals surface area contributed by atoms with Gasteiger partial charge in [-0.2, -0.15) is 0 Å². The van der Waals surface area contributed by atoms with E-state index in [0.29, 0.717) is 11.4 Å². The highest BCUT2D eigenvalue weighted by molar-refractivity contribution is 6.05. The average Bonchev–Trinajstić information content (AvgIpc) is 3.13. The van der Waals surface area contributed by atoms with E-state index in [2.05, 4.69) is 4.98 Å². The Kier molecular flexibility index (Phi) is 4.62. The van der Waals surface area contributed by atoms with E-state index in [-0.39, 0.29) is 24.6 Å². The molecule has 0 aliphatic carbocycles. The van der Waals surface area contributed by atoms with Crippen molar-refractivity contribution in [3.63, 3.8) is 0 Å². The molecule has 0 bridgehead atoms. The molecule has 25 heavy (non-hydrogen) atoms. The number of ether oxygens (including phenoxy) is 4. The molecule has 1 N–H and O–H groups in total. The standard InChI is InChI=1S/C17H18N2O6/c1-22-11-6-10-4-5-18-14(10)13(7-11)19-9-25-8-12(16(20)23-2)15(19)17(21)24-3/h4-7,18H,8-9H2,1-3H3. The number of methoxy groups -OCH3 is 3. The Hall–Kier alpha value is -3.00. The van der Waals surface area contributed by atoms with E-state index in [1.165, 1.54) is 14.2 Å². The van der Waals surface area contributed by atoms with Crippen LogP contribution in [-0.2, 0) is 23.8 Å². The maximum atomic E-state index is 12.4. The average molecular weight is 346 g/mol. The molecule has 0 saturated heterocycles. The lowest BCUT2D eigenvalue weighted by Crippen LogP contribution is -2.38. The maximum Gasteiger partial charge on any atom is 0.355 e. The summed E-state index contributed by atoms with van der Waals surface area (Å²) < 4.78 is 20.5. The van der Waals surface area contributed by atoms with Crippen LogP contribution in [0.3, 0.4) is 0 Å². The second-order valence-electron chi connectivity index (χ2n) is 5.30. The summed E-state index contributed by atoms with van der Waals surface area (Å²) in [4.78, 5) is 29.2. The number of carbonyl (C=O) groups is 2. The Bertz CT molecular complexity index is 854. The Morgan fingerprint density at radius 2 is 1.92 bits per heavy atom. The molecular formula is C17H18N2O6. The number of H-pyrrole nitrogens is 1. The second kappa shape index (κ2) is 6.86. The largest absolute Gasteiger partial charge is 0.497 e. The fourth-order valence-electron chi connectivity index (χ4n) is 2.79. The summed E-state index contributed by atoms with van der Waals surface area (Å²) in [6, 6.07) is 5.50. The molecule has 0 atom stereocenters. The van der Waals surface area contributed by atoms with Gasteiger partial charge in [0.15, 0.2) is 0 Å². The molecule has 132 valence electrons. The molecule has 0 amide bonds. The van der Waals surface area contributed by atoms with Crippen LogP contribution in [0.25, 0.3) is 10.9 Å². The molecule has 3 rings (SSSR count). The summed E-state index contributed by atoms with van der Waals surface area (Å²) in [5, 5.41) is 0.892. The van der Waals surface area contributed by atoms with Crippen molar-refractivity contribution >= 4 is 28.5 Å². The van der Waals surface area contributed by atoms with Crippen molar-refractivity contribution in [1.29, 1.82) is 0 Å². The number of hydrogen-bond donors (Lipinski definition) is 1. The van der Waals surface area contributed by atoms with Crippen molar-refractivity contribution in [2.24, 2.45) is 0 Å². The number of carbonyl (C=O) groups excluding carboxylic acids is 2. The molecule has 1 aliphatic rings. The molecule has 8 nitrogen and oxygen atoms in total. The van der Waals surface area contributed by atoms with Crippen LogP contribution >= 0.6 is 0 Å². The monoisotopic (exact) mass is 346 g/mol. The van der Waals surface area contributed by atoms with Gasteiger partial charge in [-0.25, -0.2) is 9.59 Å². The zero-order valence-corrected chi connectivity index (χ0v) is 14.1. The van der Waals surface area contributed by atoms with E-state index in [1.807, 2.05) is 12.1 Å². The number of nitrogens with one attached hydrogen (secondary N) is 1. The quantitative estimate of drug-likeness (QED) is 0.841. The molecule has 0 fully saturated rings. The predicted molar refractivity (Wildman–Crippen MR) is 89.2 cm³/mol. The highest BCUT2D eigenvalue weighted by Gasteiger charge is 2.33. The maximum absolute atomic E-state index is 12.4. The Morgan fingerprint density at radius 3 is 2.60 bits per heavy atom. The molecule has 0 radical (unpaired) electrons. The summed E-state index contributed by atoms with van der Waals surface area (Å²) in [6.45, 7) is 0.0393. The molecule has 0 unspecified atom stereocenters. The molecule has 2 heterocycles. The van der Waals surface area contributed by atoms with E-state index in [4.69, 9.17) is 18.9 Å². The number of nitrogens with zero attached hydrogens (tertiary/aromatic N) is 1. The molecule has 8 heteroatoms. The minimum Gasteiger partial charge on any atom is -0.497 e. The molecule has 1 aliphatic heterocycles. The molecule has 2 aromatic rings. The van der Waals surface area contributed by atoms with Gasteiger partial charge in [-0.15, -0.1) is 0 Å². The van der Waals surface area contributed by atoms with Gasteiger partial charge in [-0.1, -0.05) is 0 Å². The van der Waals surface area contributed by atoms with Gasteiger partial charge in [0.05, 0.1) is 44.7 Å². The SMILES string of the molecule is COC(=O)C1=C(C(=O)OC)N(c2cc(OC)cc3cc[nH]c23)COC1. The van der Waals surface area contributed by atoms with Crippen LogP contribution in [-0.4, -0.2) is 51.6 Å². The van der Waals surface area contributed by atoms with Crippen LogP contribution in [0, 0.1) is 0 Å². The van der Waals surface area contributed by atoms with Gasteiger partial charge in [0.2, 0.25) is 0 Å². The third-order valence-corrected chi connectivity index (χ3v) is 3.97. The number of aromatic nitrogens is 1. The van der Waals surface area contributed by atoms with Gasteiger partial charge in [-0.05, 0) is 12.1 Å². The first-order valence-corrected chi connectivity index (χ1v) is 7.51. The molecule has 1 aromatic carbocycles. The fraction of sp³-hybridized carbons (Fsp3) is 0.294. The molecule has 0 spiro atoms. The number of anilines is 1. The van der Waals surface area contributed by atoms with E-state index in [0.717, 1.165) is 10.9 Å². The normalized spacial score (nSPS) is 14.6. The van der Waals surface area contributed by atoms with Crippen LogP contribution in [0.2, 0.25) is 0 Å². The third kappa shape index (κ3) is 2.91. The van der Waals surface area contributed by atoms with Gasteiger partial charge in [0, 0.05) is 17.6 Å². The van der Waals surface area contributed by atoms with Crippen molar-refractivity contribution in [3.05, 3.63) is 35.7 Å². The van der Waals surface area contributed by atoms with Crippen molar-refractivity contribution in [2.45, 2.75) is 0 Å². The van der Waals surface area contributed by atoms with Gasteiger partial charge >= 0.3 is 11.9 Å². The lowest BCUT2D eigenvalue weighted by Gasteiger charge is -2.31. The minimum atomic E-state index is -0.647. The van der Waals surface area contributed by atoms with Gasteiger partial charge in [0.1, 0.15) is 18.2 Å². The van der Waals surface area contributed by atoms with E-state index in [1.54, 1.807) is 24.3 Å². The Morgan fingerprint density at radius 1 is 1.16 bits per heavy atom. The van der Waals surface area contributed by atoms with Crippen molar-refractivity contribution < 1.29 is 28.5 Å². The summed E-state index contributed by atoms with van der Waals surface area (Å²) in [7, 11) is 4.06. The van der Waals surface area contributed by atoms with Crippen molar-refractivity contribution in [1.82, 2.24) is 4.98 Å². The first-order valence-electron chi connectivity index (χ1n) is 7.51. The second-order valence-corrected chi connectivity index (χ2v) is 5.30. The smallest absolute Gasteiger partial charge is 0.355 e. The Balaban J connectivity index is 2.22. The molecule has 1 aromatic heterocycles. The number of benzene rings is 1. The summed E-state index contributed by atoms with van der Waals surface area (Å²) in [6.07, 6.45) is 1.78. The first kappa shape index (κ1) is 16.8. The zero-order chi connectivity index (χ0) is 18.0. The number of aromatic amines is 1. The van der Waals surface area contributed by atoms with Crippen molar-refractivity contribution in [3.8, 4) is 5.75 Å². The topological polar surface area (TPSA) is 90.1 Å². The lowest BCUT2D eigenvalue weighted by atomic mass is 10.1.